The number of rotatable bonds is 6. The van der Waals surface area contributed by atoms with Gasteiger partial charge in [-0.25, -0.2) is 0 Å². The number of methoxy groups -OCH3 is 1. The summed E-state index contributed by atoms with van der Waals surface area (Å²) in [6.45, 7) is 4.81. The molecule has 1 saturated heterocycles. The predicted octanol–water partition coefficient (Wildman–Crippen LogP) is 4.23. The number of carbonyl (C=O) groups excluding carboxylic acids is 2. The molecule has 160 valence electrons. The van der Waals surface area contributed by atoms with Crippen LogP contribution < -0.4 is 14.8 Å². The van der Waals surface area contributed by atoms with Gasteiger partial charge in [0.15, 0.2) is 0 Å². The van der Waals surface area contributed by atoms with Crippen molar-refractivity contribution in [1.82, 2.24) is 10.2 Å². The summed E-state index contributed by atoms with van der Waals surface area (Å²) in [6, 6.07) is 12.4. The first-order valence-corrected chi connectivity index (χ1v) is 10.4. The normalized spacial score (nSPS) is 15.4. The monoisotopic (exact) mass is 430 g/mol. The van der Waals surface area contributed by atoms with Gasteiger partial charge in [-0.05, 0) is 42.8 Å². The fourth-order valence-corrected chi connectivity index (χ4v) is 3.62. The summed E-state index contributed by atoms with van der Waals surface area (Å²) in [7, 11) is 1.56. The molecule has 2 aromatic carbocycles. The second kappa shape index (κ2) is 9.85. The number of carbonyl (C=O) groups is 2. The largest absolute Gasteiger partial charge is 0.497 e. The molecular formula is C23H27ClN2O4. The number of ether oxygens (including phenoxy) is 2. The van der Waals surface area contributed by atoms with Gasteiger partial charge >= 0.3 is 0 Å². The van der Waals surface area contributed by atoms with Gasteiger partial charge in [-0.2, -0.15) is 0 Å². The van der Waals surface area contributed by atoms with E-state index in [1.54, 1.807) is 44.4 Å². The third-order valence-electron chi connectivity index (χ3n) is 5.33. The van der Waals surface area contributed by atoms with Crippen molar-refractivity contribution in [2.24, 2.45) is 0 Å². The molecule has 2 aromatic rings. The van der Waals surface area contributed by atoms with Crippen LogP contribution in [-0.4, -0.2) is 43.0 Å². The maximum atomic E-state index is 13.0. The number of hydrogen-bond acceptors (Lipinski definition) is 4. The number of benzene rings is 2. The molecular weight excluding hydrogens is 404 g/mol. The molecule has 0 radical (unpaired) electrons. The maximum Gasteiger partial charge on any atom is 0.255 e. The van der Waals surface area contributed by atoms with E-state index in [1.807, 2.05) is 24.0 Å². The minimum Gasteiger partial charge on any atom is -0.497 e. The van der Waals surface area contributed by atoms with Gasteiger partial charge < -0.3 is 19.7 Å². The van der Waals surface area contributed by atoms with E-state index in [9.17, 15) is 9.59 Å². The highest BCUT2D eigenvalue weighted by molar-refractivity contribution is 6.30. The van der Waals surface area contributed by atoms with Crippen LogP contribution >= 0.6 is 11.6 Å². The quantitative estimate of drug-likeness (QED) is 0.744. The molecule has 0 aromatic heterocycles. The Balaban J connectivity index is 1.73. The molecule has 0 saturated carbocycles. The molecule has 0 spiro atoms. The summed E-state index contributed by atoms with van der Waals surface area (Å²) in [4.78, 5) is 26.4. The molecule has 1 aliphatic rings. The van der Waals surface area contributed by atoms with E-state index < -0.39 is 0 Å². The van der Waals surface area contributed by atoms with E-state index in [4.69, 9.17) is 21.1 Å². The zero-order chi connectivity index (χ0) is 21.7. The van der Waals surface area contributed by atoms with Crippen molar-refractivity contribution in [3.05, 3.63) is 58.6 Å². The van der Waals surface area contributed by atoms with Crippen LogP contribution in [0, 0.1) is 0 Å². The topological polar surface area (TPSA) is 67.9 Å². The van der Waals surface area contributed by atoms with Crippen molar-refractivity contribution >= 4 is 23.4 Å². The Hall–Kier alpha value is -2.73. The van der Waals surface area contributed by atoms with Crippen molar-refractivity contribution in [3.8, 4) is 11.5 Å². The number of halogens is 1. The second-order valence-electron chi connectivity index (χ2n) is 7.43. The maximum absolute atomic E-state index is 13.0. The Morgan fingerprint density at radius 1 is 1.13 bits per heavy atom. The van der Waals surface area contributed by atoms with Gasteiger partial charge in [0.05, 0.1) is 18.7 Å². The van der Waals surface area contributed by atoms with Crippen LogP contribution in [0.25, 0.3) is 0 Å². The van der Waals surface area contributed by atoms with Gasteiger partial charge in [0.1, 0.15) is 17.6 Å². The van der Waals surface area contributed by atoms with Crippen molar-refractivity contribution in [3.63, 3.8) is 0 Å². The van der Waals surface area contributed by atoms with Gasteiger partial charge in [0.25, 0.3) is 5.91 Å². The third-order valence-corrected chi connectivity index (χ3v) is 5.58. The van der Waals surface area contributed by atoms with E-state index in [0.29, 0.717) is 35.2 Å². The molecule has 6 nitrogen and oxygen atoms in total. The van der Waals surface area contributed by atoms with E-state index >= 15 is 0 Å². The van der Waals surface area contributed by atoms with Crippen LogP contribution in [0.5, 0.6) is 11.5 Å². The Labute approximate surface area is 182 Å². The molecule has 1 atom stereocenters. The lowest BCUT2D eigenvalue weighted by molar-refractivity contribution is -0.130. The lowest BCUT2D eigenvalue weighted by Gasteiger charge is -2.32. The van der Waals surface area contributed by atoms with Gasteiger partial charge in [-0.1, -0.05) is 23.7 Å². The summed E-state index contributed by atoms with van der Waals surface area (Å²) >= 11 is 5.95. The fourth-order valence-electron chi connectivity index (χ4n) is 3.49. The zero-order valence-electron chi connectivity index (χ0n) is 17.5. The molecule has 2 amide bonds. The van der Waals surface area contributed by atoms with Crippen LogP contribution in [0.3, 0.4) is 0 Å². The fraction of sp³-hybridized carbons (Fsp3) is 0.391. The third kappa shape index (κ3) is 5.45. The van der Waals surface area contributed by atoms with E-state index in [-0.39, 0.29) is 24.0 Å². The number of nitrogens with zero attached hydrogens (tertiary/aromatic N) is 1. The number of nitrogens with one attached hydrogen (secondary N) is 1. The average molecular weight is 431 g/mol. The van der Waals surface area contributed by atoms with Gasteiger partial charge in [-0.15, -0.1) is 0 Å². The van der Waals surface area contributed by atoms with Crippen LogP contribution in [-0.2, 0) is 4.79 Å². The standard InChI is InChI=1S/C23H27ClN2O4/c1-15(17-4-6-18(24)7-5-17)25-23(28)21-14-20(29-3)8-9-22(21)30-19-10-12-26(13-11-19)16(2)27/h4-9,14-15,19H,10-13H2,1-3H3,(H,25,28)/t15-/m1/s1. The second-order valence-corrected chi connectivity index (χ2v) is 7.87. The molecule has 0 bridgehead atoms. The van der Waals surface area contributed by atoms with E-state index in [1.165, 1.54) is 0 Å². The molecule has 0 aliphatic carbocycles. The summed E-state index contributed by atoms with van der Waals surface area (Å²) < 4.78 is 11.5. The minimum absolute atomic E-state index is 0.0470. The highest BCUT2D eigenvalue weighted by atomic mass is 35.5. The van der Waals surface area contributed by atoms with Crippen molar-refractivity contribution in [2.75, 3.05) is 20.2 Å². The molecule has 30 heavy (non-hydrogen) atoms. The molecule has 1 fully saturated rings. The van der Waals surface area contributed by atoms with Crippen LogP contribution in [0.15, 0.2) is 42.5 Å². The summed E-state index contributed by atoms with van der Waals surface area (Å²) in [6.07, 6.45) is 1.41. The van der Waals surface area contributed by atoms with Gasteiger partial charge in [-0.3, -0.25) is 9.59 Å². The van der Waals surface area contributed by atoms with Gasteiger partial charge in [0.2, 0.25) is 5.91 Å². The lowest BCUT2D eigenvalue weighted by atomic mass is 10.1. The smallest absolute Gasteiger partial charge is 0.255 e. The Bertz CT molecular complexity index is 893. The summed E-state index contributed by atoms with van der Waals surface area (Å²) in [5, 5.41) is 3.66. The first-order valence-electron chi connectivity index (χ1n) is 10.0. The number of piperidine rings is 1. The summed E-state index contributed by atoms with van der Waals surface area (Å²) in [5.74, 6) is 0.928. The molecule has 1 heterocycles. The zero-order valence-corrected chi connectivity index (χ0v) is 18.2. The average Bonchev–Trinajstić information content (AvgIpc) is 2.74. The van der Waals surface area contributed by atoms with E-state index in [2.05, 4.69) is 5.32 Å². The SMILES string of the molecule is COc1ccc(OC2CCN(C(C)=O)CC2)c(C(=O)N[C@H](C)c2ccc(Cl)cc2)c1. The molecule has 7 heteroatoms. The highest BCUT2D eigenvalue weighted by Gasteiger charge is 2.24. The van der Waals surface area contributed by atoms with Crippen LogP contribution in [0.4, 0.5) is 0 Å². The van der Waals surface area contributed by atoms with E-state index in [0.717, 1.165) is 18.4 Å². The number of likely N-dealkylation sites (tertiary alicyclic amines) is 1. The Morgan fingerprint density at radius 3 is 2.40 bits per heavy atom. The van der Waals surface area contributed by atoms with Crippen molar-refractivity contribution < 1.29 is 19.1 Å². The lowest BCUT2D eigenvalue weighted by Crippen LogP contribution is -2.40. The number of hydrogen-bond donors (Lipinski definition) is 1. The van der Waals surface area contributed by atoms with Crippen molar-refractivity contribution in [1.29, 1.82) is 0 Å². The molecule has 3 rings (SSSR count). The predicted molar refractivity (Wildman–Crippen MR) is 116 cm³/mol. The van der Waals surface area contributed by atoms with Crippen molar-refractivity contribution in [2.45, 2.75) is 38.8 Å². The highest BCUT2D eigenvalue weighted by Crippen LogP contribution is 2.28. The molecule has 1 aliphatic heterocycles. The molecule has 1 N–H and O–H groups in total. The molecule has 0 unspecified atom stereocenters. The summed E-state index contributed by atoms with van der Waals surface area (Å²) in [5.41, 5.74) is 1.37. The first-order chi connectivity index (χ1) is 14.4. The Kier molecular flexibility index (Phi) is 7.21. The minimum atomic E-state index is -0.243. The van der Waals surface area contributed by atoms with Gasteiger partial charge in [0, 0.05) is 37.9 Å². The van der Waals surface area contributed by atoms with Crippen LogP contribution in [0.1, 0.15) is 48.7 Å². The Morgan fingerprint density at radius 2 is 1.80 bits per heavy atom. The van der Waals surface area contributed by atoms with Crippen LogP contribution in [0.2, 0.25) is 5.02 Å². The first kappa shape index (κ1) is 22.0. The number of amides is 2.